The summed E-state index contributed by atoms with van der Waals surface area (Å²) in [6.45, 7) is 1.23. The highest BCUT2D eigenvalue weighted by atomic mass is 19.2. The molecule has 1 aliphatic heterocycles. The number of carbonyl (C=O) groups is 1. The second-order valence-electron chi connectivity index (χ2n) is 7.79. The molecule has 0 spiro atoms. The molecule has 5 nitrogen and oxygen atoms in total. The van der Waals surface area contributed by atoms with Crippen LogP contribution in [0.4, 0.5) is 13.2 Å². The molecule has 2 fully saturated rings. The standard InChI is InChI=1S/C20H23F3N4O/c21-16-9-18(23)17(22)7-13(16)3-4-14(24)8-20(28)26-10-15(11-26)27-19(5-6-25-27)12-1-2-12/h5-7,9,12,14-15H,1-4,8,10-11,24H2. The van der Waals surface area contributed by atoms with Crippen molar-refractivity contribution in [3.05, 3.63) is 53.1 Å². The number of nitrogens with two attached hydrogens (primary N) is 1. The predicted octanol–water partition coefficient (Wildman–Crippen LogP) is 2.91. The summed E-state index contributed by atoms with van der Waals surface area (Å²) in [4.78, 5) is 14.1. The Morgan fingerprint density at radius 2 is 1.89 bits per heavy atom. The number of hydrogen-bond donors (Lipinski definition) is 1. The van der Waals surface area contributed by atoms with E-state index in [0.717, 1.165) is 6.07 Å². The van der Waals surface area contributed by atoms with Crippen LogP contribution in [0.2, 0.25) is 0 Å². The van der Waals surface area contributed by atoms with Gasteiger partial charge in [-0.2, -0.15) is 5.10 Å². The lowest BCUT2D eigenvalue weighted by molar-refractivity contribution is -0.137. The van der Waals surface area contributed by atoms with Crippen LogP contribution in [0.1, 0.15) is 48.9 Å². The molecular weight excluding hydrogens is 369 g/mol. The molecule has 1 atom stereocenters. The Balaban J connectivity index is 1.24. The van der Waals surface area contributed by atoms with Crippen molar-refractivity contribution in [2.75, 3.05) is 13.1 Å². The van der Waals surface area contributed by atoms with Gasteiger partial charge in [-0.1, -0.05) is 0 Å². The largest absolute Gasteiger partial charge is 0.338 e. The van der Waals surface area contributed by atoms with E-state index in [1.165, 1.54) is 18.5 Å². The third kappa shape index (κ3) is 3.92. The summed E-state index contributed by atoms with van der Waals surface area (Å²) in [6, 6.07) is 3.18. The molecule has 0 radical (unpaired) electrons. The molecule has 0 bridgehead atoms. The number of aryl methyl sites for hydroxylation is 1. The maximum atomic E-state index is 13.7. The van der Waals surface area contributed by atoms with E-state index in [1.807, 2.05) is 10.9 Å². The molecule has 2 aliphatic rings. The van der Waals surface area contributed by atoms with Gasteiger partial charge in [0.2, 0.25) is 5.91 Å². The van der Waals surface area contributed by atoms with Crippen molar-refractivity contribution in [3.8, 4) is 0 Å². The fraction of sp³-hybridized carbons (Fsp3) is 0.500. The molecule has 2 aromatic rings. The number of hydrogen-bond acceptors (Lipinski definition) is 3. The molecule has 2 N–H and O–H groups in total. The molecule has 1 saturated heterocycles. The summed E-state index contributed by atoms with van der Waals surface area (Å²) in [5.74, 6) is -2.53. The highest BCUT2D eigenvalue weighted by molar-refractivity contribution is 5.77. The van der Waals surface area contributed by atoms with Crippen molar-refractivity contribution in [2.45, 2.75) is 50.1 Å². The van der Waals surface area contributed by atoms with Crippen LogP contribution in [-0.4, -0.2) is 39.7 Å². The lowest BCUT2D eigenvalue weighted by Gasteiger charge is -2.40. The van der Waals surface area contributed by atoms with Gasteiger partial charge >= 0.3 is 0 Å². The van der Waals surface area contributed by atoms with E-state index in [2.05, 4.69) is 11.2 Å². The van der Waals surface area contributed by atoms with Crippen LogP contribution in [0, 0.1) is 17.5 Å². The van der Waals surface area contributed by atoms with E-state index < -0.39 is 23.5 Å². The maximum Gasteiger partial charge on any atom is 0.224 e. The third-order valence-electron chi connectivity index (χ3n) is 5.57. The van der Waals surface area contributed by atoms with Crippen LogP contribution >= 0.6 is 0 Å². The minimum Gasteiger partial charge on any atom is -0.338 e. The van der Waals surface area contributed by atoms with Crippen molar-refractivity contribution >= 4 is 5.91 Å². The number of halogens is 3. The normalized spacial score (nSPS) is 18.2. The van der Waals surface area contributed by atoms with Crippen molar-refractivity contribution < 1.29 is 18.0 Å². The zero-order chi connectivity index (χ0) is 19.8. The number of likely N-dealkylation sites (tertiary alicyclic amines) is 1. The van der Waals surface area contributed by atoms with Gasteiger partial charge in [0.25, 0.3) is 0 Å². The third-order valence-corrected chi connectivity index (χ3v) is 5.57. The van der Waals surface area contributed by atoms with Gasteiger partial charge < -0.3 is 10.6 Å². The number of benzene rings is 1. The molecule has 150 valence electrons. The molecule has 8 heteroatoms. The SMILES string of the molecule is NC(CCc1cc(F)c(F)cc1F)CC(=O)N1CC(n2nccc2C2CC2)C1. The van der Waals surface area contributed by atoms with E-state index in [9.17, 15) is 18.0 Å². The Kier molecular flexibility index (Phi) is 5.14. The first-order valence-corrected chi connectivity index (χ1v) is 9.62. The highest BCUT2D eigenvalue weighted by Gasteiger charge is 2.36. The molecular formula is C20H23F3N4O. The molecule has 28 heavy (non-hydrogen) atoms. The van der Waals surface area contributed by atoms with E-state index in [-0.39, 0.29) is 30.4 Å². The molecule has 1 unspecified atom stereocenters. The van der Waals surface area contributed by atoms with Gasteiger partial charge in [-0.25, -0.2) is 13.2 Å². The van der Waals surface area contributed by atoms with E-state index in [0.29, 0.717) is 31.5 Å². The summed E-state index contributed by atoms with van der Waals surface area (Å²) in [5.41, 5.74) is 7.32. The summed E-state index contributed by atoms with van der Waals surface area (Å²) in [7, 11) is 0. The summed E-state index contributed by atoms with van der Waals surface area (Å²) in [6.07, 6.45) is 4.83. The molecule has 1 amide bonds. The number of aromatic nitrogens is 2. The van der Waals surface area contributed by atoms with Gasteiger partial charge in [0.1, 0.15) is 5.82 Å². The number of amides is 1. The summed E-state index contributed by atoms with van der Waals surface area (Å²) < 4.78 is 41.9. The maximum absolute atomic E-state index is 13.7. The quantitative estimate of drug-likeness (QED) is 0.737. The molecule has 2 heterocycles. The summed E-state index contributed by atoms with van der Waals surface area (Å²) in [5, 5.41) is 4.40. The predicted molar refractivity (Wildman–Crippen MR) is 97.0 cm³/mol. The van der Waals surface area contributed by atoms with Crippen LogP contribution in [0.3, 0.4) is 0 Å². The number of carbonyl (C=O) groups excluding carboxylic acids is 1. The Morgan fingerprint density at radius 3 is 2.61 bits per heavy atom. The van der Waals surface area contributed by atoms with Gasteiger partial charge in [-0.15, -0.1) is 0 Å². The van der Waals surface area contributed by atoms with E-state index in [4.69, 9.17) is 5.73 Å². The van der Waals surface area contributed by atoms with Crippen molar-refractivity contribution in [1.82, 2.24) is 14.7 Å². The topological polar surface area (TPSA) is 64.2 Å². The average Bonchev–Trinajstić information content (AvgIpc) is 3.34. The van der Waals surface area contributed by atoms with Crippen LogP contribution in [0.5, 0.6) is 0 Å². The van der Waals surface area contributed by atoms with E-state index in [1.54, 1.807) is 4.90 Å². The second-order valence-corrected chi connectivity index (χ2v) is 7.79. The fourth-order valence-electron chi connectivity index (χ4n) is 3.70. The van der Waals surface area contributed by atoms with Crippen molar-refractivity contribution in [2.24, 2.45) is 5.73 Å². The van der Waals surface area contributed by atoms with Gasteiger partial charge in [0, 0.05) is 49.4 Å². The van der Waals surface area contributed by atoms with Crippen LogP contribution < -0.4 is 5.73 Å². The minimum atomic E-state index is -1.21. The van der Waals surface area contributed by atoms with Crippen LogP contribution in [0.15, 0.2) is 24.4 Å². The number of nitrogens with zero attached hydrogens (tertiary/aromatic N) is 3. The van der Waals surface area contributed by atoms with Gasteiger partial charge in [-0.3, -0.25) is 9.48 Å². The molecule has 1 saturated carbocycles. The zero-order valence-electron chi connectivity index (χ0n) is 15.5. The number of rotatable bonds is 7. The lowest BCUT2D eigenvalue weighted by Crippen LogP contribution is -2.52. The fourth-order valence-corrected chi connectivity index (χ4v) is 3.70. The first-order valence-electron chi connectivity index (χ1n) is 9.62. The van der Waals surface area contributed by atoms with Gasteiger partial charge in [-0.05, 0) is 43.4 Å². The van der Waals surface area contributed by atoms with Crippen LogP contribution in [0.25, 0.3) is 0 Å². The molecule has 1 aromatic carbocycles. The Morgan fingerprint density at radius 1 is 1.18 bits per heavy atom. The highest BCUT2D eigenvalue weighted by Crippen LogP contribution is 2.41. The zero-order valence-corrected chi connectivity index (χ0v) is 15.5. The van der Waals surface area contributed by atoms with Crippen molar-refractivity contribution in [1.29, 1.82) is 0 Å². The molecule has 1 aromatic heterocycles. The van der Waals surface area contributed by atoms with Crippen LogP contribution in [-0.2, 0) is 11.2 Å². The van der Waals surface area contributed by atoms with E-state index >= 15 is 0 Å². The van der Waals surface area contributed by atoms with Gasteiger partial charge in [0.05, 0.1) is 6.04 Å². The molecule has 4 rings (SSSR count). The first-order chi connectivity index (χ1) is 13.4. The van der Waals surface area contributed by atoms with Crippen molar-refractivity contribution in [3.63, 3.8) is 0 Å². The van der Waals surface area contributed by atoms with Gasteiger partial charge in [0.15, 0.2) is 11.6 Å². The smallest absolute Gasteiger partial charge is 0.224 e. The first kappa shape index (κ1) is 19.0. The Labute approximate surface area is 161 Å². The lowest BCUT2D eigenvalue weighted by atomic mass is 10.0. The Hall–Kier alpha value is -2.35. The average molecular weight is 392 g/mol. The second kappa shape index (κ2) is 7.58. The monoisotopic (exact) mass is 392 g/mol. The molecule has 1 aliphatic carbocycles. The minimum absolute atomic E-state index is 0.0466. The summed E-state index contributed by atoms with van der Waals surface area (Å²) >= 11 is 0. The Bertz CT molecular complexity index is 874.